The van der Waals surface area contributed by atoms with Crippen molar-refractivity contribution >= 4 is 0 Å². The van der Waals surface area contributed by atoms with Crippen LogP contribution in [0, 0.1) is 0 Å². The topological polar surface area (TPSA) is 21.8 Å². The van der Waals surface area contributed by atoms with Crippen LogP contribution in [0.2, 0.25) is 0 Å². The third kappa shape index (κ3) is 2.89. The Labute approximate surface area is 84.2 Å². The second-order valence-corrected chi connectivity index (χ2v) is 3.47. The van der Waals surface area contributed by atoms with Crippen molar-refractivity contribution < 1.29 is 9.47 Å². The van der Waals surface area contributed by atoms with E-state index in [0.29, 0.717) is 12.7 Å². The van der Waals surface area contributed by atoms with E-state index < -0.39 is 0 Å². The van der Waals surface area contributed by atoms with Crippen molar-refractivity contribution in [3.63, 3.8) is 0 Å². The summed E-state index contributed by atoms with van der Waals surface area (Å²) < 4.78 is 10.6. The lowest BCUT2D eigenvalue weighted by molar-refractivity contribution is 0.184. The zero-order valence-corrected chi connectivity index (χ0v) is 8.11. The molecule has 0 radical (unpaired) electrons. The van der Waals surface area contributed by atoms with Crippen molar-refractivity contribution in [1.29, 1.82) is 0 Å². The minimum absolute atomic E-state index is 0.360. The minimum Gasteiger partial charge on any atom is -0.494 e. The highest BCUT2D eigenvalue weighted by molar-refractivity contribution is 5.13. The molecule has 2 nitrogen and oxygen atoms in total. The molecule has 0 amide bonds. The fourth-order valence-electron chi connectivity index (χ4n) is 1.26. The highest BCUT2D eigenvalue weighted by atomic mass is 16.6. The van der Waals surface area contributed by atoms with Crippen LogP contribution in [0.4, 0.5) is 0 Å². The minimum atomic E-state index is 0.360. The van der Waals surface area contributed by atoms with E-state index in [1.54, 1.807) is 0 Å². The van der Waals surface area contributed by atoms with Gasteiger partial charge in [-0.05, 0) is 5.56 Å². The first-order valence-electron chi connectivity index (χ1n) is 4.81. The molecule has 1 saturated heterocycles. The lowest BCUT2D eigenvalue weighted by atomic mass is 10.2. The van der Waals surface area contributed by atoms with E-state index in [-0.39, 0.29) is 0 Å². The molecule has 1 aromatic carbocycles. The van der Waals surface area contributed by atoms with Gasteiger partial charge in [-0.1, -0.05) is 36.9 Å². The summed E-state index contributed by atoms with van der Waals surface area (Å²) in [5.41, 5.74) is 1.17. The van der Waals surface area contributed by atoms with Crippen LogP contribution in [0.25, 0.3) is 0 Å². The van der Waals surface area contributed by atoms with Gasteiger partial charge in [-0.25, -0.2) is 0 Å². The lowest BCUT2D eigenvalue weighted by Crippen LogP contribution is -1.96. The molecule has 2 heteroatoms. The van der Waals surface area contributed by atoms with Gasteiger partial charge < -0.3 is 9.47 Å². The normalized spacial score (nSPS) is 19.0. The number of hydrogen-bond acceptors (Lipinski definition) is 2. The average molecular weight is 190 g/mol. The fraction of sp³-hybridized carbons (Fsp3) is 0.333. The van der Waals surface area contributed by atoms with Crippen molar-refractivity contribution in [2.75, 3.05) is 6.61 Å². The predicted molar refractivity (Wildman–Crippen MR) is 54.7 cm³/mol. The molecule has 14 heavy (non-hydrogen) atoms. The van der Waals surface area contributed by atoms with E-state index in [2.05, 4.69) is 6.58 Å². The first kappa shape index (κ1) is 9.28. The second-order valence-electron chi connectivity index (χ2n) is 3.47. The summed E-state index contributed by atoms with van der Waals surface area (Å²) in [7, 11) is 0. The zero-order chi connectivity index (χ0) is 9.80. The first-order valence-corrected chi connectivity index (χ1v) is 4.81. The second kappa shape index (κ2) is 4.29. The molecule has 1 heterocycles. The van der Waals surface area contributed by atoms with E-state index in [9.17, 15) is 0 Å². The molecule has 0 bridgehead atoms. The molecule has 1 fully saturated rings. The Morgan fingerprint density at radius 2 is 2.14 bits per heavy atom. The summed E-state index contributed by atoms with van der Waals surface area (Å²) in [5.74, 6) is 0.816. The van der Waals surface area contributed by atoms with Crippen LogP contribution in [-0.2, 0) is 16.1 Å². The van der Waals surface area contributed by atoms with E-state index in [1.807, 2.05) is 30.3 Å². The van der Waals surface area contributed by atoms with Crippen LogP contribution < -0.4 is 0 Å². The zero-order valence-electron chi connectivity index (χ0n) is 8.11. The van der Waals surface area contributed by atoms with E-state index in [1.165, 1.54) is 5.56 Å². The summed E-state index contributed by atoms with van der Waals surface area (Å²) in [6.45, 7) is 5.31. The largest absolute Gasteiger partial charge is 0.494 e. The highest BCUT2D eigenvalue weighted by Gasteiger charge is 2.23. The fourth-order valence-corrected chi connectivity index (χ4v) is 1.26. The maximum Gasteiger partial charge on any atom is 0.113 e. The molecule has 1 aromatic rings. The van der Waals surface area contributed by atoms with Crippen molar-refractivity contribution in [3.8, 4) is 0 Å². The van der Waals surface area contributed by atoms with Gasteiger partial charge in [-0.3, -0.25) is 0 Å². The lowest BCUT2D eigenvalue weighted by Gasteiger charge is -2.07. The maximum absolute atomic E-state index is 5.50. The molecule has 0 aromatic heterocycles. The Balaban J connectivity index is 1.73. The van der Waals surface area contributed by atoms with Gasteiger partial charge in [0.2, 0.25) is 0 Å². The SMILES string of the molecule is C=C(CC1CO1)OCc1ccccc1. The van der Waals surface area contributed by atoms with E-state index in [0.717, 1.165) is 18.8 Å². The van der Waals surface area contributed by atoms with Crippen LogP contribution in [0.1, 0.15) is 12.0 Å². The van der Waals surface area contributed by atoms with Crippen LogP contribution in [-0.4, -0.2) is 12.7 Å². The number of epoxide rings is 1. The third-order valence-electron chi connectivity index (χ3n) is 2.14. The molecule has 0 N–H and O–H groups in total. The van der Waals surface area contributed by atoms with Gasteiger partial charge in [-0.15, -0.1) is 0 Å². The van der Waals surface area contributed by atoms with Crippen molar-refractivity contribution in [2.24, 2.45) is 0 Å². The quantitative estimate of drug-likeness (QED) is 0.525. The number of benzene rings is 1. The van der Waals surface area contributed by atoms with Crippen LogP contribution >= 0.6 is 0 Å². The molecule has 0 aliphatic carbocycles. The van der Waals surface area contributed by atoms with E-state index in [4.69, 9.17) is 9.47 Å². The first-order chi connectivity index (χ1) is 6.84. The molecule has 1 aliphatic rings. The smallest absolute Gasteiger partial charge is 0.113 e. The Morgan fingerprint density at radius 3 is 2.79 bits per heavy atom. The standard InChI is InChI=1S/C12H14O2/c1-10(7-12-9-14-12)13-8-11-5-3-2-4-6-11/h2-6,12H,1,7-9H2. The molecule has 1 aliphatic heterocycles. The number of rotatable bonds is 5. The monoisotopic (exact) mass is 190 g/mol. The van der Waals surface area contributed by atoms with Gasteiger partial charge in [0.15, 0.2) is 0 Å². The van der Waals surface area contributed by atoms with Gasteiger partial charge in [0.1, 0.15) is 6.61 Å². The maximum atomic E-state index is 5.50. The predicted octanol–water partition coefficient (Wildman–Crippen LogP) is 2.51. The number of ether oxygens (including phenoxy) is 2. The molecule has 0 saturated carbocycles. The summed E-state index contributed by atoms with van der Waals surface area (Å²) in [6.07, 6.45) is 1.19. The van der Waals surface area contributed by atoms with Crippen molar-refractivity contribution in [3.05, 3.63) is 48.2 Å². The summed E-state index contributed by atoms with van der Waals surface area (Å²) in [6, 6.07) is 10.1. The highest BCUT2D eigenvalue weighted by Crippen LogP contribution is 2.19. The van der Waals surface area contributed by atoms with Gasteiger partial charge in [0, 0.05) is 6.42 Å². The molecular weight excluding hydrogens is 176 g/mol. The van der Waals surface area contributed by atoms with Crippen LogP contribution in [0.5, 0.6) is 0 Å². The van der Waals surface area contributed by atoms with Crippen molar-refractivity contribution in [1.82, 2.24) is 0 Å². The molecular formula is C12H14O2. The van der Waals surface area contributed by atoms with E-state index >= 15 is 0 Å². The van der Waals surface area contributed by atoms with Crippen LogP contribution in [0.15, 0.2) is 42.7 Å². The van der Waals surface area contributed by atoms with Crippen molar-refractivity contribution in [2.45, 2.75) is 19.1 Å². The van der Waals surface area contributed by atoms with Gasteiger partial charge in [0.05, 0.1) is 18.5 Å². The van der Waals surface area contributed by atoms with Crippen LogP contribution in [0.3, 0.4) is 0 Å². The Bertz CT molecular complexity index is 301. The summed E-state index contributed by atoms with van der Waals surface area (Å²) in [5, 5.41) is 0. The third-order valence-corrected chi connectivity index (χ3v) is 2.14. The summed E-state index contributed by atoms with van der Waals surface area (Å²) in [4.78, 5) is 0. The van der Waals surface area contributed by atoms with Gasteiger partial charge in [0.25, 0.3) is 0 Å². The number of hydrogen-bond donors (Lipinski definition) is 0. The van der Waals surface area contributed by atoms with Gasteiger partial charge in [-0.2, -0.15) is 0 Å². The Hall–Kier alpha value is -1.28. The Morgan fingerprint density at radius 1 is 1.43 bits per heavy atom. The molecule has 1 unspecified atom stereocenters. The van der Waals surface area contributed by atoms with Gasteiger partial charge >= 0.3 is 0 Å². The average Bonchev–Trinajstić information content (AvgIpc) is 3.00. The Kier molecular flexibility index (Phi) is 2.84. The molecule has 74 valence electrons. The summed E-state index contributed by atoms with van der Waals surface area (Å²) >= 11 is 0. The molecule has 0 spiro atoms. The molecule has 1 atom stereocenters. The molecule has 2 rings (SSSR count).